The predicted octanol–water partition coefficient (Wildman–Crippen LogP) is 2.03. The maximum absolute atomic E-state index is 5.77. The fraction of sp³-hybridized carbons (Fsp3) is 0.600. The molecule has 104 valence electrons. The zero-order valence-corrected chi connectivity index (χ0v) is 11.2. The van der Waals surface area contributed by atoms with Gasteiger partial charge in [-0.05, 0) is 12.5 Å². The second-order valence-corrected chi connectivity index (χ2v) is 5.05. The van der Waals surface area contributed by atoms with E-state index >= 15 is 0 Å². The number of hydrogen-bond donors (Lipinski definition) is 0. The van der Waals surface area contributed by atoms with Gasteiger partial charge < -0.3 is 14.2 Å². The van der Waals surface area contributed by atoms with Crippen molar-refractivity contribution in [2.24, 2.45) is 0 Å². The minimum absolute atomic E-state index is 0.0202. The molecule has 0 unspecified atom stereocenters. The van der Waals surface area contributed by atoms with Crippen LogP contribution in [0.5, 0.6) is 5.75 Å². The van der Waals surface area contributed by atoms with Gasteiger partial charge in [-0.15, -0.1) is 0 Å². The van der Waals surface area contributed by atoms with E-state index in [9.17, 15) is 0 Å². The molecule has 1 aromatic rings. The van der Waals surface area contributed by atoms with Crippen molar-refractivity contribution in [3.63, 3.8) is 0 Å². The molecule has 0 aliphatic carbocycles. The molecule has 1 aromatic carbocycles. The molecule has 19 heavy (non-hydrogen) atoms. The van der Waals surface area contributed by atoms with E-state index in [4.69, 9.17) is 14.2 Å². The third-order valence-electron chi connectivity index (χ3n) is 3.61. The van der Waals surface area contributed by atoms with E-state index in [1.165, 1.54) is 5.56 Å². The summed E-state index contributed by atoms with van der Waals surface area (Å²) >= 11 is 0. The summed E-state index contributed by atoms with van der Waals surface area (Å²) in [5.74, 6) is 1.02. The van der Waals surface area contributed by atoms with Crippen LogP contribution in [0.1, 0.15) is 18.4 Å². The van der Waals surface area contributed by atoms with Crippen molar-refractivity contribution in [2.75, 3.05) is 32.9 Å². The number of benzene rings is 1. The number of rotatable bonds is 3. The van der Waals surface area contributed by atoms with Gasteiger partial charge in [0.05, 0.1) is 13.2 Å². The summed E-state index contributed by atoms with van der Waals surface area (Å²) in [5, 5.41) is 0. The molecule has 2 aliphatic heterocycles. The minimum atomic E-state index is -0.0202. The molecule has 1 fully saturated rings. The van der Waals surface area contributed by atoms with Crippen molar-refractivity contribution < 1.29 is 14.2 Å². The maximum Gasteiger partial charge on any atom is 0.158 e. The van der Waals surface area contributed by atoms with Gasteiger partial charge in [0.2, 0.25) is 0 Å². The fourth-order valence-electron chi connectivity index (χ4n) is 2.56. The van der Waals surface area contributed by atoms with Gasteiger partial charge in [0.25, 0.3) is 0 Å². The maximum atomic E-state index is 5.77. The predicted molar refractivity (Wildman–Crippen MR) is 72.1 cm³/mol. The third kappa shape index (κ3) is 3.47. The second kappa shape index (κ2) is 6.37. The number of hydrogen-bond acceptors (Lipinski definition) is 4. The lowest BCUT2D eigenvalue weighted by Gasteiger charge is -2.26. The lowest BCUT2D eigenvalue weighted by molar-refractivity contribution is -0.182. The van der Waals surface area contributed by atoms with E-state index in [2.05, 4.69) is 17.0 Å². The molecular weight excluding hydrogens is 242 g/mol. The molecule has 0 atom stereocenters. The Morgan fingerprint density at radius 2 is 1.95 bits per heavy atom. The van der Waals surface area contributed by atoms with E-state index in [-0.39, 0.29) is 6.29 Å². The van der Waals surface area contributed by atoms with Gasteiger partial charge in [0.1, 0.15) is 12.4 Å². The molecule has 0 N–H and O–H groups in total. The summed E-state index contributed by atoms with van der Waals surface area (Å²) in [6.07, 6.45) is 1.93. The lowest BCUT2D eigenvalue weighted by atomic mass is 10.2. The Bertz CT molecular complexity index is 404. The molecule has 3 rings (SSSR count). The molecule has 4 heteroatoms. The second-order valence-electron chi connectivity index (χ2n) is 5.05. The zero-order chi connectivity index (χ0) is 12.9. The van der Waals surface area contributed by atoms with Crippen molar-refractivity contribution >= 4 is 0 Å². The topological polar surface area (TPSA) is 30.9 Å². The van der Waals surface area contributed by atoms with Crippen LogP contribution in [0.4, 0.5) is 0 Å². The van der Waals surface area contributed by atoms with Gasteiger partial charge in [0, 0.05) is 31.6 Å². The van der Waals surface area contributed by atoms with Crippen molar-refractivity contribution in [2.45, 2.75) is 25.7 Å². The van der Waals surface area contributed by atoms with E-state index in [1.54, 1.807) is 0 Å². The van der Waals surface area contributed by atoms with Crippen molar-refractivity contribution in [1.82, 2.24) is 4.90 Å². The largest absolute Gasteiger partial charge is 0.492 e. The molecule has 4 nitrogen and oxygen atoms in total. The first kappa shape index (κ1) is 12.9. The Labute approximate surface area is 114 Å². The molecular formula is C15H21NO3. The lowest BCUT2D eigenvalue weighted by Crippen LogP contribution is -2.32. The van der Waals surface area contributed by atoms with E-state index in [1.807, 2.05) is 12.1 Å². The molecule has 0 amide bonds. The van der Waals surface area contributed by atoms with Gasteiger partial charge in [-0.25, -0.2) is 0 Å². The van der Waals surface area contributed by atoms with Crippen LogP contribution in [-0.2, 0) is 16.0 Å². The third-order valence-corrected chi connectivity index (χ3v) is 3.61. The number of ether oxygens (including phenoxy) is 3. The summed E-state index contributed by atoms with van der Waals surface area (Å²) in [5.41, 5.74) is 1.27. The van der Waals surface area contributed by atoms with Gasteiger partial charge in [0.15, 0.2) is 6.29 Å². The zero-order valence-electron chi connectivity index (χ0n) is 11.2. The Morgan fingerprint density at radius 3 is 2.84 bits per heavy atom. The van der Waals surface area contributed by atoms with E-state index < -0.39 is 0 Å². The van der Waals surface area contributed by atoms with Crippen molar-refractivity contribution in [3.05, 3.63) is 29.8 Å². The summed E-state index contributed by atoms with van der Waals surface area (Å²) in [4.78, 5) is 2.41. The molecule has 0 spiro atoms. The highest BCUT2D eigenvalue weighted by molar-refractivity contribution is 5.33. The molecule has 1 saturated heterocycles. The normalized spacial score (nSPS) is 21.5. The fourth-order valence-corrected chi connectivity index (χ4v) is 2.56. The molecule has 2 aliphatic rings. The quantitative estimate of drug-likeness (QED) is 0.835. The van der Waals surface area contributed by atoms with Crippen LogP contribution in [-0.4, -0.2) is 44.1 Å². The Morgan fingerprint density at radius 1 is 1.11 bits per heavy atom. The average Bonchev–Trinajstić information content (AvgIpc) is 2.68. The standard InChI is InChI=1S/C15H21NO3/c1-2-5-14-13(4-1)12-16(8-11-17-14)7-6-15-18-9-3-10-19-15/h1-2,4-5,15H,3,6-12H2. The van der Waals surface area contributed by atoms with E-state index in [0.29, 0.717) is 0 Å². The summed E-state index contributed by atoms with van der Waals surface area (Å²) in [7, 11) is 0. The number of fused-ring (bicyclic) bond motifs is 1. The van der Waals surface area contributed by atoms with Crippen LogP contribution in [0.25, 0.3) is 0 Å². The van der Waals surface area contributed by atoms with Gasteiger partial charge in [-0.1, -0.05) is 18.2 Å². The van der Waals surface area contributed by atoms with Crippen LogP contribution in [0.3, 0.4) is 0 Å². The van der Waals surface area contributed by atoms with Gasteiger partial charge in [-0.3, -0.25) is 4.90 Å². The molecule has 2 heterocycles. The molecule has 0 aromatic heterocycles. The summed E-state index contributed by atoms with van der Waals surface area (Å²) < 4.78 is 16.9. The van der Waals surface area contributed by atoms with Gasteiger partial charge in [-0.2, -0.15) is 0 Å². The first-order valence-electron chi connectivity index (χ1n) is 7.08. The monoisotopic (exact) mass is 263 g/mol. The summed E-state index contributed by atoms with van der Waals surface area (Å²) in [6, 6.07) is 8.28. The molecule has 0 bridgehead atoms. The molecule has 0 saturated carbocycles. The van der Waals surface area contributed by atoms with E-state index in [0.717, 1.165) is 58.0 Å². The first-order chi connectivity index (χ1) is 9.42. The average molecular weight is 263 g/mol. The van der Waals surface area contributed by atoms with Crippen LogP contribution < -0.4 is 4.74 Å². The highest BCUT2D eigenvalue weighted by Crippen LogP contribution is 2.22. The number of para-hydroxylation sites is 1. The first-order valence-corrected chi connectivity index (χ1v) is 7.08. The number of nitrogens with zero attached hydrogens (tertiary/aromatic N) is 1. The Kier molecular flexibility index (Phi) is 4.33. The van der Waals surface area contributed by atoms with Crippen LogP contribution in [0.15, 0.2) is 24.3 Å². The molecule has 0 radical (unpaired) electrons. The van der Waals surface area contributed by atoms with Crippen molar-refractivity contribution in [3.8, 4) is 5.75 Å². The summed E-state index contributed by atoms with van der Waals surface area (Å²) in [6.45, 7) is 5.31. The van der Waals surface area contributed by atoms with Crippen LogP contribution in [0.2, 0.25) is 0 Å². The smallest absolute Gasteiger partial charge is 0.158 e. The SMILES string of the molecule is c1ccc2c(c1)CN(CCC1OCCCO1)CCO2. The Balaban J connectivity index is 1.54. The highest BCUT2D eigenvalue weighted by atomic mass is 16.7. The van der Waals surface area contributed by atoms with Crippen LogP contribution in [0, 0.1) is 0 Å². The highest BCUT2D eigenvalue weighted by Gasteiger charge is 2.18. The van der Waals surface area contributed by atoms with Crippen LogP contribution >= 0.6 is 0 Å². The van der Waals surface area contributed by atoms with Gasteiger partial charge >= 0.3 is 0 Å². The minimum Gasteiger partial charge on any atom is -0.492 e. The Hall–Kier alpha value is -1.10. The van der Waals surface area contributed by atoms with Crippen molar-refractivity contribution in [1.29, 1.82) is 0 Å².